The Morgan fingerprint density at radius 2 is 1.02 bits per heavy atom. The summed E-state index contributed by atoms with van der Waals surface area (Å²) in [5.41, 5.74) is -4.97. The summed E-state index contributed by atoms with van der Waals surface area (Å²) < 4.78 is 10.9. The van der Waals surface area contributed by atoms with E-state index in [1.54, 1.807) is 0 Å². The number of hydrogen-bond donors (Lipinski definition) is 11. The maximum absolute atomic E-state index is 12.8. The van der Waals surface area contributed by atoms with Gasteiger partial charge in [-0.15, -0.1) is 0 Å². The summed E-state index contributed by atoms with van der Waals surface area (Å²) in [6.45, 7) is -0.466. The van der Waals surface area contributed by atoms with Crippen LogP contribution in [0.15, 0.2) is 15.4 Å². The van der Waals surface area contributed by atoms with Crippen LogP contribution in [-0.2, 0) is 14.3 Å². The third-order valence-electron chi connectivity index (χ3n) is 6.89. The Morgan fingerprint density at radius 1 is 0.625 bits per heavy atom. The van der Waals surface area contributed by atoms with Crippen molar-refractivity contribution >= 4 is 40.8 Å². The van der Waals surface area contributed by atoms with Crippen LogP contribution < -0.4 is 0 Å². The monoisotopic (exact) mass is 608 g/mol. The average molecular weight is 609 g/mol. The predicted octanol–water partition coefficient (Wildman–Crippen LogP) is -3.06. The molecule has 1 aliphatic carbocycles. The molecule has 17 heteroatoms. The molecule has 10 atom stereocenters. The van der Waals surface area contributed by atoms with Gasteiger partial charge in [-0.05, 0) is 6.92 Å². The number of phenols is 2. The molecule has 222 valence electrons. The van der Waals surface area contributed by atoms with Crippen molar-refractivity contribution in [2.45, 2.75) is 76.4 Å². The van der Waals surface area contributed by atoms with Gasteiger partial charge in [-0.3, -0.25) is 9.59 Å². The van der Waals surface area contributed by atoms with Gasteiger partial charge in [-0.25, -0.2) is 0 Å². The van der Waals surface area contributed by atoms with E-state index in [1.807, 2.05) is 0 Å². The molecular weight excluding hydrogens is 580 g/mol. The highest BCUT2D eigenvalue weighted by molar-refractivity contribution is 8.03. The van der Waals surface area contributed by atoms with Crippen molar-refractivity contribution in [2.24, 2.45) is 0 Å². The lowest BCUT2D eigenvalue weighted by molar-refractivity contribution is -0.205. The van der Waals surface area contributed by atoms with Gasteiger partial charge in [-0.1, -0.05) is 23.5 Å². The van der Waals surface area contributed by atoms with Crippen molar-refractivity contribution in [3.8, 4) is 11.5 Å². The number of Topliss-reactive ketones (excluding diaryl/α,β-unsaturated/α-hetero) is 2. The van der Waals surface area contributed by atoms with E-state index < -0.39 is 128 Å². The van der Waals surface area contributed by atoms with Gasteiger partial charge in [0.25, 0.3) is 0 Å². The molecule has 0 radical (unpaired) electrons. The zero-order valence-corrected chi connectivity index (χ0v) is 22.2. The van der Waals surface area contributed by atoms with E-state index in [-0.39, 0.29) is 0 Å². The van der Waals surface area contributed by atoms with Gasteiger partial charge in [0, 0.05) is 5.57 Å². The number of allylic oxidation sites excluding steroid dienone is 1. The normalized spacial score (nSPS) is 36.6. The number of carbonyl (C=O) groups excluding carboxylic acids is 2. The minimum atomic E-state index is -1.85. The third kappa shape index (κ3) is 4.99. The smallest absolute Gasteiger partial charge is 0.237 e. The van der Waals surface area contributed by atoms with E-state index >= 15 is 0 Å². The molecule has 40 heavy (non-hydrogen) atoms. The molecule has 0 amide bonds. The lowest BCUT2D eigenvalue weighted by Gasteiger charge is -2.41. The average Bonchev–Trinajstić information content (AvgIpc) is 2.93. The van der Waals surface area contributed by atoms with Crippen LogP contribution in [0.25, 0.3) is 5.76 Å². The minimum absolute atomic E-state index is 0.396. The van der Waals surface area contributed by atoms with E-state index in [4.69, 9.17) is 9.47 Å². The first kappa shape index (κ1) is 30.9. The first-order valence-corrected chi connectivity index (χ1v) is 13.6. The van der Waals surface area contributed by atoms with Crippen molar-refractivity contribution in [3.63, 3.8) is 0 Å². The molecule has 0 bridgehead atoms. The van der Waals surface area contributed by atoms with Crippen LogP contribution in [0.5, 0.6) is 11.5 Å². The van der Waals surface area contributed by atoms with Crippen LogP contribution in [0.1, 0.15) is 22.8 Å². The van der Waals surface area contributed by atoms with Gasteiger partial charge >= 0.3 is 0 Å². The van der Waals surface area contributed by atoms with Gasteiger partial charge in [0.05, 0.1) is 34.1 Å². The fourth-order valence-electron chi connectivity index (χ4n) is 4.49. The maximum Gasteiger partial charge on any atom is 0.237 e. The molecule has 0 saturated carbocycles. The SMILES string of the molecule is CC1=C(O)c2c(O)c(S[C@@H]3O[C@H](CO)[C@@H](O)[C@H](O)[C@H]3O)c(S[C@@H]3O[C@H](CO)[C@@H](O)[C@H](O)[C@H]3O)c(O)c2C(=O)C1=O. The molecule has 2 aliphatic heterocycles. The molecule has 2 fully saturated rings. The Balaban J connectivity index is 1.87. The number of aliphatic hydroxyl groups is 9. The minimum Gasteiger partial charge on any atom is -0.507 e. The maximum atomic E-state index is 12.8. The number of ketones is 2. The van der Waals surface area contributed by atoms with Crippen molar-refractivity contribution in [2.75, 3.05) is 13.2 Å². The van der Waals surface area contributed by atoms with E-state index in [1.165, 1.54) is 0 Å². The Morgan fingerprint density at radius 3 is 1.43 bits per heavy atom. The number of thioether (sulfide) groups is 2. The summed E-state index contributed by atoms with van der Waals surface area (Å²) in [4.78, 5) is 24.3. The fraction of sp³-hybridized carbons (Fsp3) is 0.565. The zero-order valence-electron chi connectivity index (χ0n) is 20.6. The van der Waals surface area contributed by atoms with Crippen LogP contribution in [0.2, 0.25) is 0 Å². The number of phenolic OH excluding ortho intramolecular Hbond substituents is 2. The summed E-state index contributed by atoms with van der Waals surface area (Å²) in [5.74, 6) is -5.18. The second-order valence-corrected chi connectivity index (χ2v) is 11.6. The summed E-state index contributed by atoms with van der Waals surface area (Å²) in [6.07, 6.45) is -13.5. The summed E-state index contributed by atoms with van der Waals surface area (Å²) >= 11 is 0.823. The lowest BCUT2D eigenvalue weighted by atomic mass is 9.88. The topological polar surface area (TPSA) is 275 Å². The molecular formula is C23H28O15S2. The van der Waals surface area contributed by atoms with E-state index in [2.05, 4.69) is 0 Å². The Hall–Kier alpha value is -2.00. The fourth-order valence-corrected chi connectivity index (χ4v) is 7.08. The quantitative estimate of drug-likeness (QED) is 0.113. The van der Waals surface area contributed by atoms with Crippen LogP contribution in [0.4, 0.5) is 0 Å². The molecule has 1 aromatic carbocycles. The number of aliphatic hydroxyl groups excluding tert-OH is 9. The summed E-state index contributed by atoms with van der Waals surface area (Å²) in [6, 6.07) is 0. The first-order valence-electron chi connectivity index (χ1n) is 11.8. The third-order valence-corrected chi connectivity index (χ3v) is 9.53. The van der Waals surface area contributed by atoms with Crippen LogP contribution in [-0.4, -0.2) is 141 Å². The Bertz CT molecular complexity index is 1220. The van der Waals surface area contributed by atoms with Gasteiger partial charge in [0.15, 0.2) is 0 Å². The number of rotatable bonds is 6. The number of aromatic hydroxyl groups is 2. The van der Waals surface area contributed by atoms with Gasteiger partial charge in [0.1, 0.15) is 77.0 Å². The van der Waals surface area contributed by atoms with Crippen LogP contribution >= 0.6 is 23.5 Å². The van der Waals surface area contributed by atoms with Crippen molar-refractivity contribution in [1.82, 2.24) is 0 Å². The van der Waals surface area contributed by atoms with Crippen molar-refractivity contribution in [1.29, 1.82) is 0 Å². The largest absolute Gasteiger partial charge is 0.507 e. The van der Waals surface area contributed by atoms with Crippen molar-refractivity contribution in [3.05, 3.63) is 16.7 Å². The highest BCUT2D eigenvalue weighted by atomic mass is 32.2. The zero-order chi connectivity index (χ0) is 29.8. The number of hydrogen-bond acceptors (Lipinski definition) is 17. The molecule has 2 saturated heterocycles. The molecule has 0 spiro atoms. The first-order chi connectivity index (χ1) is 18.8. The summed E-state index contributed by atoms with van der Waals surface area (Å²) in [5, 5.41) is 114. The molecule has 3 aliphatic rings. The second kappa shape index (κ2) is 11.7. The van der Waals surface area contributed by atoms with E-state index in [9.17, 15) is 65.8 Å². The van der Waals surface area contributed by atoms with Crippen LogP contribution in [0, 0.1) is 0 Å². The predicted molar refractivity (Wildman–Crippen MR) is 134 cm³/mol. The molecule has 0 aromatic heterocycles. The molecule has 4 rings (SSSR count). The second-order valence-electron chi connectivity index (χ2n) is 9.37. The number of benzene rings is 1. The van der Waals surface area contributed by atoms with Gasteiger partial charge < -0.3 is 65.6 Å². The molecule has 0 unspecified atom stereocenters. The lowest BCUT2D eigenvalue weighted by Crippen LogP contribution is -2.57. The highest BCUT2D eigenvalue weighted by Gasteiger charge is 2.48. The number of ether oxygens (including phenoxy) is 2. The summed E-state index contributed by atoms with van der Waals surface area (Å²) in [7, 11) is 0. The molecule has 11 N–H and O–H groups in total. The van der Waals surface area contributed by atoms with Gasteiger partial charge in [-0.2, -0.15) is 0 Å². The standard InChI is InChI=1S/C23H28O15S2/c1-4-9(26)7-8(13(30)10(4)27)15(32)21(40-23-19(36)17(34)12(29)6(3-25)38-23)20(14(7)31)39-22-18(35)16(33)11(28)5(2-24)37-22/h5-6,11-12,16-19,22-26,28-29,31-36H,2-3H2,1H3/t5-,6-,11-,12-,16+,17+,18-,19-,22+,23+/m1/s1. The van der Waals surface area contributed by atoms with Crippen molar-refractivity contribution < 1.29 is 75.2 Å². The van der Waals surface area contributed by atoms with E-state index in [0.717, 1.165) is 6.92 Å². The van der Waals surface area contributed by atoms with Crippen LogP contribution in [0.3, 0.4) is 0 Å². The Labute approximate surface area is 233 Å². The van der Waals surface area contributed by atoms with Gasteiger partial charge in [0.2, 0.25) is 11.6 Å². The number of carbonyl (C=O) groups is 2. The molecule has 2 heterocycles. The van der Waals surface area contributed by atoms with E-state index in [0.29, 0.717) is 23.5 Å². The number of fused-ring (bicyclic) bond motifs is 1. The Kier molecular flexibility index (Phi) is 9.06. The highest BCUT2D eigenvalue weighted by Crippen LogP contribution is 2.54. The molecule has 15 nitrogen and oxygen atoms in total. The molecule has 1 aromatic rings.